The number of anilines is 2. The minimum atomic E-state index is -0.490. The average Bonchev–Trinajstić information content (AvgIpc) is 2.67. The van der Waals surface area contributed by atoms with Gasteiger partial charge in [-0.15, -0.1) is 0 Å². The van der Waals surface area contributed by atoms with E-state index in [0.717, 1.165) is 0 Å². The lowest BCUT2D eigenvalue weighted by atomic mass is 10.2. The molecule has 0 aliphatic heterocycles. The molecule has 0 fully saturated rings. The molecule has 8 heteroatoms. The van der Waals surface area contributed by atoms with E-state index in [1.54, 1.807) is 43.5 Å². The lowest BCUT2D eigenvalue weighted by Gasteiger charge is -2.13. The molecule has 28 heavy (non-hydrogen) atoms. The molecule has 0 amide bonds. The van der Waals surface area contributed by atoms with Gasteiger partial charge in [-0.3, -0.25) is 14.0 Å². The van der Waals surface area contributed by atoms with Crippen LogP contribution >= 0.6 is 0 Å². The summed E-state index contributed by atoms with van der Waals surface area (Å²) in [6.07, 6.45) is 1.56. The third kappa shape index (κ3) is 2.89. The van der Waals surface area contributed by atoms with Crippen LogP contribution in [-0.2, 0) is 6.61 Å². The monoisotopic (exact) mass is 379 g/mol. The Morgan fingerprint density at radius 2 is 2.07 bits per heavy atom. The van der Waals surface area contributed by atoms with Gasteiger partial charge in [0, 0.05) is 24.0 Å². The second kappa shape index (κ2) is 6.82. The number of aryl methyl sites for hydroxylation is 1. The zero-order chi connectivity index (χ0) is 19.8. The van der Waals surface area contributed by atoms with Gasteiger partial charge < -0.3 is 19.6 Å². The van der Waals surface area contributed by atoms with E-state index < -0.39 is 12.2 Å². The van der Waals surface area contributed by atoms with Crippen molar-refractivity contribution in [3.63, 3.8) is 0 Å². The van der Waals surface area contributed by atoms with E-state index in [4.69, 9.17) is 9.15 Å². The van der Waals surface area contributed by atoms with Crippen molar-refractivity contribution in [2.24, 2.45) is 0 Å². The third-order valence-corrected chi connectivity index (χ3v) is 4.40. The summed E-state index contributed by atoms with van der Waals surface area (Å²) in [6.45, 7) is 1.21. The van der Waals surface area contributed by atoms with Crippen LogP contribution in [0.5, 0.6) is 5.75 Å². The summed E-state index contributed by atoms with van der Waals surface area (Å²) in [4.78, 5) is 29.3. The number of nitrogens with one attached hydrogen (secondary N) is 1. The number of methoxy groups -OCH3 is 1. The molecular formula is C20H17N3O5. The molecule has 0 aliphatic carbocycles. The highest BCUT2D eigenvalue weighted by molar-refractivity contribution is 5.81. The summed E-state index contributed by atoms with van der Waals surface area (Å²) < 4.78 is 12.2. The lowest BCUT2D eigenvalue weighted by molar-refractivity contribution is 0.280. The van der Waals surface area contributed by atoms with Gasteiger partial charge >= 0.3 is 0 Å². The van der Waals surface area contributed by atoms with Crippen LogP contribution in [0.3, 0.4) is 0 Å². The average molecular weight is 379 g/mol. The van der Waals surface area contributed by atoms with E-state index in [2.05, 4.69) is 10.3 Å². The molecule has 0 unspecified atom stereocenters. The van der Waals surface area contributed by atoms with Gasteiger partial charge in [0.25, 0.3) is 5.56 Å². The topological polar surface area (TPSA) is 106 Å². The third-order valence-electron chi connectivity index (χ3n) is 4.40. The van der Waals surface area contributed by atoms with Crippen molar-refractivity contribution in [1.29, 1.82) is 0 Å². The number of rotatable bonds is 4. The molecule has 1 aromatic carbocycles. The quantitative estimate of drug-likeness (QED) is 0.561. The van der Waals surface area contributed by atoms with Gasteiger partial charge in [-0.05, 0) is 31.2 Å². The number of hydrogen-bond acceptors (Lipinski definition) is 7. The summed E-state index contributed by atoms with van der Waals surface area (Å²) in [5.41, 5.74) is 0.859. The Morgan fingerprint density at radius 3 is 2.82 bits per heavy atom. The van der Waals surface area contributed by atoms with Gasteiger partial charge in [0.2, 0.25) is 0 Å². The van der Waals surface area contributed by atoms with Crippen LogP contribution in [0.25, 0.3) is 16.6 Å². The first-order valence-corrected chi connectivity index (χ1v) is 8.52. The van der Waals surface area contributed by atoms with E-state index >= 15 is 0 Å². The van der Waals surface area contributed by atoms with Crippen molar-refractivity contribution in [3.8, 4) is 5.75 Å². The van der Waals surface area contributed by atoms with Crippen molar-refractivity contribution in [2.75, 3.05) is 12.4 Å². The maximum Gasteiger partial charge on any atom is 0.265 e. The van der Waals surface area contributed by atoms with Gasteiger partial charge in [0.1, 0.15) is 17.2 Å². The number of nitrogens with zero attached hydrogens (tertiary/aromatic N) is 2. The molecule has 0 spiro atoms. The Bertz CT molecular complexity index is 1320. The molecule has 0 aliphatic rings. The Balaban J connectivity index is 1.88. The fourth-order valence-corrected chi connectivity index (χ4v) is 3.07. The molecule has 2 N–H and O–H groups in total. The fraction of sp³-hybridized carbons (Fsp3) is 0.150. The second-order valence-electron chi connectivity index (χ2n) is 6.23. The largest absolute Gasteiger partial charge is 0.493 e. The number of aromatic nitrogens is 2. The number of aliphatic hydroxyl groups excluding tert-OH is 1. The number of benzene rings is 1. The molecule has 0 saturated carbocycles. The Morgan fingerprint density at radius 1 is 1.25 bits per heavy atom. The first kappa shape index (κ1) is 17.7. The van der Waals surface area contributed by atoms with Gasteiger partial charge in [-0.2, -0.15) is 0 Å². The van der Waals surface area contributed by atoms with Crippen LogP contribution in [0.2, 0.25) is 0 Å². The Hall–Kier alpha value is -3.65. The molecule has 0 saturated heterocycles. The first-order valence-electron chi connectivity index (χ1n) is 8.52. The maximum atomic E-state index is 12.7. The minimum absolute atomic E-state index is 0.108. The standard InChI is InChI=1S/C20H17N3O5/c1-11-8-15(25)13-6-5-12(9-17(13)28-11)21-18-14(10-24)20(26)23-7-3-4-16(27-2)19(23)22-18/h3-9,21,24H,10H2,1-2H3. The van der Waals surface area contributed by atoms with Crippen molar-refractivity contribution in [3.05, 3.63) is 74.5 Å². The zero-order valence-corrected chi connectivity index (χ0v) is 15.2. The summed E-state index contributed by atoms with van der Waals surface area (Å²) in [6, 6.07) is 9.75. The van der Waals surface area contributed by atoms with Crippen LogP contribution < -0.4 is 21.0 Å². The minimum Gasteiger partial charge on any atom is -0.493 e. The lowest BCUT2D eigenvalue weighted by Crippen LogP contribution is -2.22. The van der Waals surface area contributed by atoms with Gasteiger partial charge in [0.05, 0.1) is 24.7 Å². The van der Waals surface area contributed by atoms with Crippen LogP contribution in [-0.4, -0.2) is 21.6 Å². The Kier molecular flexibility index (Phi) is 4.32. The number of ether oxygens (including phenoxy) is 1. The predicted octanol–water partition coefficient (Wildman–Crippen LogP) is 2.35. The molecule has 4 aromatic rings. The molecule has 0 atom stereocenters. The molecule has 8 nitrogen and oxygen atoms in total. The van der Waals surface area contributed by atoms with Gasteiger partial charge in [-0.1, -0.05) is 0 Å². The first-order chi connectivity index (χ1) is 13.5. The molecule has 142 valence electrons. The highest BCUT2D eigenvalue weighted by Crippen LogP contribution is 2.24. The second-order valence-corrected chi connectivity index (χ2v) is 6.23. The van der Waals surface area contributed by atoms with Crippen molar-refractivity contribution < 1.29 is 14.3 Å². The Labute approximate surface area is 158 Å². The predicted molar refractivity (Wildman–Crippen MR) is 104 cm³/mol. The van der Waals surface area contributed by atoms with Crippen molar-refractivity contribution in [2.45, 2.75) is 13.5 Å². The van der Waals surface area contributed by atoms with Crippen LogP contribution in [0.1, 0.15) is 11.3 Å². The summed E-state index contributed by atoms with van der Waals surface area (Å²) in [5.74, 6) is 1.12. The highest BCUT2D eigenvalue weighted by Gasteiger charge is 2.15. The summed E-state index contributed by atoms with van der Waals surface area (Å²) >= 11 is 0. The van der Waals surface area contributed by atoms with Crippen LogP contribution in [0, 0.1) is 6.92 Å². The van der Waals surface area contributed by atoms with Gasteiger partial charge in [0.15, 0.2) is 16.8 Å². The van der Waals surface area contributed by atoms with E-state index in [1.807, 2.05) is 0 Å². The molecule has 0 bridgehead atoms. The highest BCUT2D eigenvalue weighted by atomic mass is 16.5. The molecule has 3 aromatic heterocycles. The number of aliphatic hydroxyl groups is 1. The molecular weight excluding hydrogens is 362 g/mol. The zero-order valence-electron chi connectivity index (χ0n) is 15.2. The normalized spacial score (nSPS) is 11.1. The number of pyridine rings is 1. The SMILES string of the molecule is COc1cccn2c(=O)c(CO)c(Nc3ccc4c(=O)cc(C)oc4c3)nc12. The summed E-state index contributed by atoms with van der Waals surface area (Å²) in [5, 5.41) is 13.2. The van der Waals surface area contributed by atoms with Crippen LogP contribution in [0.4, 0.5) is 11.5 Å². The summed E-state index contributed by atoms with van der Waals surface area (Å²) in [7, 11) is 1.49. The molecule has 0 radical (unpaired) electrons. The van der Waals surface area contributed by atoms with Crippen molar-refractivity contribution >= 4 is 28.1 Å². The fourth-order valence-electron chi connectivity index (χ4n) is 3.07. The number of fused-ring (bicyclic) bond motifs is 2. The van der Waals surface area contributed by atoms with Crippen molar-refractivity contribution in [1.82, 2.24) is 9.38 Å². The van der Waals surface area contributed by atoms with E-state index in [0.29, 0.717) is 33.8 Å². The van der Waals surface area contributed by atoms with E-state index in [1.165, 1.54) is 17.6 Å². The number of hydrogen-bond donors (Lipinski definition) is 2. The smallest absolute Gasteiger partial charge is 0.265 e. The van der Waals surface area contributed by atoms with Gasteiger partial charge in [-0.25, -0.2) is 4.98 Å². The van der Waals surface area contributed by atoms with E-state index in [9.17, 15) is 14.7 Å². The molecule has 4 rings (SSSR count). The van der Waals surface area contributed by atoms with E-state index in [-0.39, 0.29) is 16.8 Å². The van der Waals surface area contributed by atoms with Crippen LogP contribution in [0.15, 0.2) is 56.6 Å². The molecule has 3 heterocycles. The maximum absolute atomic E-state index is 12.7.